The molecule has 0 amide bonds. The average molecular weight is 297 g/mol. The monoisotopic (exact) mass is 297 g/mol. The first-order chi connectivity index (χ1) is 9.34. The normalized spacial score (nSPS) is 24.1. The van der Waals surface area contributed by atoms with E-state index in [0.29, 0.717) is 10.8 Å². The predicted octanol–water partition coefficient (Wildman–Crippen LogP) is 1.11. The van der Waals surface area contributed by atoms with Crippen molar-refractivity contribution in [2.24, 2.45) is 11.7 Å². The molecule has 20 heavy (non-hydrogen) atoms. The number of piperidine rings is 1. The minimum atomic E-state index is -3.43. The maximum Gasteiger partial charge on any atom is 0.244 e. The van der Waals surface area contributed by atoms with Gasteiger partial charge in [-0.3, -0.25) is 0 Å². The molecule has 0 aromatic heterocycles. The molecule has 2 unspecified atom stereocenters. The van der Waals surface area contributed by atoms with Crippen LogP contribution in [0.3, 0.4) is 0 Å². The van der Waals surface area contributed by atoms with Crippen molar-refractivity contribution < 1.29 is 8.42 Å². The number of hydrogen-bond acceptors (Lipinski definition) is 4. The highest BCUT2D eigenvalue weighted by Gasteiger charge is 2.28. The lowest BCUT2D eigenvalue weighted by molar-refractivity contribution is 0.381. The van der Waals surface area contributed by atoms with E-state index in [1.165, 1.54) is 4.31 Å². The van der Waals surface area contributed by atoms with Crippen LogP contribution in [-0.4, -0.2) is 45.9 Å². The third-order valence-corrected chi connectivity index (χ3v) is 5.80. The van der Waals surface area contributed by atoms with Gasteiger partial charge in [0, 0.05) is 33.2 Å². The number of nitrogens with zero attached hydrogens (tertiary/aromatic N) is 2. The highest BCUT2D eigenvalue weighted by molar-refractivity contribution is 7.89. The molecular weight excluding hydrogens is 274 g/mol. The summed E-state index contributed by atoms with van der Waals surface area (Å²) in [6.07, 6.45) is 0.886. The van der Waals surface area contributed by atoms with Gasteiger partial charge in [0.2, 0.25) is 10.0 Å². The highest BCUT2D eigenvalue weighted by Crippen LogP contribution is 2.30. The van der Waals surface area contributed by atoms with Gasteiger partial charge in [0.25, 0.3) is 0 Å². The zero-order valence-electron chi connectivity index (χ0n) is 12.3. The van der Waals surface area contributed by atoms with Crippen molar-refractivity contribution in [2.45, 2.75) is 24.3 Å². The van der Waals surface area contributed by atoms with E-state index in [4.69, 9.17) is 5.73 Å². The molecule has 1 aliphatic rings. The van der Waals surface area contributed by atoms with Crippen LogP contribution in [0.15, 0.2) is 29.2 Å². The molecule has 112 valence electrons. The Balaban J connectivity index is 2.39. The summed E-state index contributed by atoms with van der Waals surface area (Å²) in [5.74, 6) is 0.360. The van der Waals surface area contributed by atoms with Crippen molar-refractivity contribution in [3.8, 4) is 0 Å². The van der Waals surface area contributed by atoms with Crippen molar-refractivity contribution in [2.75, 3.05) is 32.1 Å². The number of nitrogens with two attached hydrogens (primary N) is 1. The summed E-state index contributed by atoms with van der Waals surface area (Å²) < 4.78 is 26.1. The molecule has 0 bridgehead atoms. The average Bonchev–Trinajstić information content (AvgIpc) is 2.41. The Morgan fingerprint density at radius 2 is 1.95 bits per heavy atom. The largest absolute Gasteiger partial charge is 0.370 e. The van der Waals surface area contributed by atoms with Crippen molar-refractivity contribution in [1.82, 2.24) is 4.31 Å². The molecule has 2 N–H and O–H groups in total. The van der Waals surface area contributed by atoms with Crippen LogP contribution in [0.25, 0.3) is 0 Å². The van der Waals surface area contributed by atoms with Crippen molar-refractivity contribution in [1.29, 1.82) is 0 Å². The third-order valence-electron chi connectivity index (χ3n) is 3.94. The molecule has 2 atom stereocenters. The van der Waals surface area contributed by atoms with Gasteiger partial charge in [-0.2, -0.15) is 0 Å². The number of sulfonamides is 1. The molecule has 5 nitrogen and oxygen atoms in total. The van der Waals surface area contributed by atoms with Crippen LogP contribution in [-0.2, 0) is 10.0 Å². The van der Waals surface area contributed by atoms with Crippen LogP contribution in [0.5, 0.6) is 0 Å². The molecule has 0 saturated carbocycles. The van der Waals surface area contributed by atoms with Gasteiger partial charge < -0.3 is 10.6 Å². The Morgan fingerprint density at radius 1 is 1.30 bits per heavy atom. The Hall–Kier alpha value is -1.11. The topological polar surface area (TPSA) is 66.6 Å². The SMILES string of the molecule is CC1CN(c2ccccc2S(=O)(=O)N(C)C)CCC1N. The number of hydrogen-bond donors (Lipinski definition) is 1. The summed E-state index contributed by atoms with van der Waals surface area (Å²) in [5, 5.41) is 0. The predicted molar refractivity (Wildman–Crippen MR) is 81.3 cm³/mol. The summed E-state index contributed by atoms with van der Waals surface area (Å²) in [6, 6.07) is 7.38. The Labute approximate surface area is 121 Å². The first-order valence-corrected chi connectivity index (χ1v) is 8.30. The van der Waals surface area contributed by atoms with Gasteiger partial charge >= 0.3 is 0 Å². The van der Waals surface area contributed by atoms with Gasteiger partial charge in [0.15, 0.2) is 0 Å². The quantitative estimate of drug-likeness (QED) is 0.907. The van der Waals surface area contributed by atoms with Gasteiger partial charge in [-0.1, -0.05) is 19.1 Å². The van der Waals surface area contributed by atoms with Crippen LogP contribution >= 0.6 is 0 Å². The van der Waals surface area contributed by atoms with E-state index in [0.717, 1.165) is 25.2 Å². The number of anilines is 1. The van der Waals surface area contributed by atoms with E-state index in [2.05, 4.69) is 11.8 Å². The van der Waals surface area contributed by atoms with Gasteiger partial charge in [-0.15, -0.1) is 0 Å². The van der Waals surface area contributed by atoms with Crippen molar-refractivity contribution in [3.05, 3.63) is 24.3 Å². The molecule has 0 spiro atoms. The minimum Gasteiger partial charge on any atom is -0.370 e. The second-order valence-corrected chi connectivity index (χ2v) is 7.75. The van der Waals surface area contributed by atoms with Crippen LogP contribution in [0.2, 0.25) is 0 Å². The van der Waals surface area contributed by atoms with E-state index in [1.54, 1.807) is 26.2 Å². The van der Waals surface area contributed by atoms with Crippen LogP contribution < -0.4 is 10.6 Å². The molecule has 1 fully saturated rings. The van der Waals surface area contributed by atoms with Crippen LogP contribution in [0, 0.1) is 5.92 Å². The summed E-state index contributed by atoms with van der Waals surface area (Å²) in [5.41, 5.74) is 6.82. The molecule has 1 aromatic rings. The molecule has 0 aliphatic carbocycles. The van der Waals surface area contributed by atoms with Gasteiger partial charge in [-0.05, 0) is 24.5 Å². The van der Waals surface area contributed by atoms with E-state index >= 15 is 0 Å². The standard InChI is InChI=1S/C14H23N3O2S/c1-11-10-17(9-8-12(11)15)13-6-4-5-7-14(13)20(18,19)16(2)3/h4-7,11-12H,8-10,15H2,1-3H3. The number of rotatable bonds is 3. The summed E-state index contributed by atoms with van der Waals surface area (Å²) in [6.45, 7) is 3.70. The lowest BCUT2D eigenvalue weighted by atomic mass is 9.94. The maximum absolute atomic E-state index is 12.4. The zero-order valence-corrected chi connectivity index (χ0v) is 13.1. The molecule has 6 heteroatoms. The Bertz CT molecular complexity index is 572. The number of para-hydroxylation sites is 1. The van der Waals surface area contributed by atoms with Crippen molar-refractivity contribution >= 4 is 15.7 Å². The second kappa shape index (κ2) is 5.71. The first-order valence-electron chi connectivity index (χ1n) is 6.86. The smallest absolute Gasteiger partial charge is 0.244 e. The summed E-state index contributed by atoms with van der Waals surface area (Å²) >= 11 is 0. The molecule has 2 rings (SSSR count). The van der Waals surface area contributed by atoms with Gasteiger partial charge in [0.1, 0.15) is 4.90 Å². The molecule has 1 aromatic carbocycles. The Kier molecular flexibility index (Phi) is 4.36. The lowest BCUT2D eigenvalue weighted by Gasteiger charge is -2.37. The summed E-state index contributed by atoms with van der Waals surface area (Å²) in [7, 11) is -0.315. The zero-order chi connectivity index (χ0) is 14.9. The van der Waals surface area contributed by atoms with Crippen LogP contribution in [0.4, 0.5) is 5.69 Å². The summed E-state index contributed by atoms with van der Waals surface area (Å²) in [4.78, 5) is 2.50. The van der Waals surface area contributed by atoms with E-state index in [1.807, 2.05) is 12.1 Å². The molecule has 1 aliphatic heterocycles. The van der Waals surface area contributed by atoms with Crippen LogP contribution in [0.1, 0.15) is 13.3 Å². The van der Waals surface area contributed by atoms with E-state index in [9.17, 15) is 8.42 Å². The van der Waals surface area contributed by atoms with E-state index < -0.39 is 10.0 Å². The minimum absolute atomic E-state index is 0.198. The fourth-order valence-electron chi connectivity index (χ4n) is 2.52. The van der Waals surface area contributed by atoms with E-state index in [-0.39, 0.29) is 6.04 Å². The first kappa shape index (κ1) is 15.3. The molecule has 1 saturated heterocycles. The molecule has 0 radical (unpaired) electrons. The van der Waals surface area contributed by atoms with Gasteiger partial charge in [0.05, 0.1) is 5.69 Å². The second-order valence-electron chi connectivity index (χ2n) is 5.63. The number of benzene rings is 1. The third kappa shape index (κ3) is 2.82. The molecular formula is C14H23N3O2S. The fraction of sp³-hybridized carbons (Fsp3) is 0.571. The fourth-order valence-corrected chi connectivity index (χ4v) is 3.62. The van der Waals surface area contributed by atoms with Crippen molar-refractivity contribution in [3.63, 3.8) is 0 Å². The lowest BCUT2D eigenvalue weighted by Crippen LogP contribution is -2.46. The maximum atomic E-state index is 12.4. The van der Waals surface area contributed by atoms with Gasteiger partial charge in [-0.25, -0.2) is 12.7 Å². The molecule has 1 heterocycles. The Morgan fingerprint density at radius 3 is 2.55 bits per heavy atom. The highest BCUT2D eigenvalue weighted by atomic mass is 32.2.